The first kappa shape index (κ1) is 6.26. The minimum atomic E-state index is 0.993. The molecular formula is C6H10N3. The van der Waals surface area contributed by atoms with Crippen LogP contribution >= 0.6 is 0 Å². The molecule has 0 saturated carbocycles. The van der Waals surface area contributed by atoms with Crippen molar-refractivity contribution in [2.45, 2.75) is 19.8 Å². The van der Waals surface area contributed by atoms with Gasteiger partial charge in [0.05, 0.1) is 0 Å². The molecule has 1 heterocycles. The van der Waals surface area contributed by atoms with E-state index in [1.54, 1.807) is 0 Å². The molecule has 0 saturated heterocycles. The zero-order valence-corrected chi connectivity index (χ0v) is 5.76. The molecule has 9 heavy (non-hydrogen) atoms. The van der Waals surface area contributed by atoms with Crippen molar-refractivity contribution in [3.8, 4) is 0 Å². The highest BCUT2D eigenvalue weighted by Crippen LogP contribution is 1.93. The summed E-state index contributed by atoms with van der Waals surface area (Å²) < 4.78 is 1.82. The Morgan fingerprint density at radius 1 is 1.67 bits per heavy atom. The van der Waals surface area contributed by atoms with Gasteiger partial charge in [-0.05, 0) is 6.42 Å². The number of hydrogen-bond donors (Lipinski definition) is 0. The molecule has 0 amide bonds. The van der Waals surface area contributed by atoms with Gasteiger partial charge in [0, 0.05) is 13.5 Å². The highest BCUT2D eigenvalue weighted by atomic mass is 15.2. The molecule has 0 fully saturated rings. The lowest BCUT2D eigenvalue weighted by atomic mass is 10.3. The van der Waals surface area contributed by atoms with Crippen LogP contribution in [0.4, 0.5) is 0 Å². The van der Waals surface area contributed by atoms with Crippen molar-refractivity contribution < 1.29 is 0 Å². The van der Waals surface area contributed by atoms with Crippen molar-refractivity contribution in [3.05, 3.63) is 12.2 Å². The third-order valence-corrected chi connectivity index (χ3v) is 1.22. The number of aromatic nitrogens is 3. The Labute approximate surface area is 54.7 Å². The minimum absolute atomic E-state index is 0.993. The van der Waals surface area contributed by atoms with E-state index in [0.29, 0.717) is 0 Å². The van der Waals surface area contributed by atoms with E-state index in [1.807, 2.05) is 11.6 Å². The molecule has 0 N–H and O–H groups in total. The number of nitrogens with zero attached hydrogens (tertiary/aromatic N) is 3. The second kappa shape index (κ2) is 2.62. The SMILES string of the molecule is CCCc1nn[c]n1C. The Morgan fingerprint density at radius 2 is 2.44 bits per heavy atom. The van der Waals surface area contributed by atoms with Crippen LogP contribution in [-0.4, -0.2) is 14.8 Å². The second-order valence-electron chi connectivity index (χ2n) is 2.03. The minimum Gasteiger partial charge on any atom is -0.311 e. The first-order chi connectivity index (χ1) is 4.34. The first-order valence-electron chi connectivity index (χ1n) is 3.10. The quantitative estimate of drug-likeness (QED) is 0.577. The molecule has 1 aromatic heterocycles. The fourth-order valence-electron chi connectivity index (χ4n) is 0.713. The number of aryl methyl sites for hydroxylation is 2. The van der Waals surface area contributed by atoms with Crippen molar-refractivity contribution in [1.29, 1.82) is 0 Å². The summed E-state index contributed by atoms with van der Waals surface area (Å²) in [6.45, 7) is 2.12. The molecule has 0 aromatic carbocycles. The number of rotatable bonds is 2. The standard InChI is InChI=1S/C6H10N3/c1-3-4-6-8-7-5-9(6)2/h3-4H2,1-2H3. The molecule has 0 unspecified atom stereocenters. The summed E-state index contributed by atoms with van der Waals surface area (Å²) >= 11 is 0. The molecule has 0 spiro atoms. The Morgan fingerprint density at radius 3 is 2.89 bits per heavy atom. The van der Waals surface area contributed by atoms with Gasteiger partial charge >= 0.3 is 0 Å². The van der Waals surface area contributed by atoms with E-state index in [0.717, 1.165) is 18.7 Å². The van der Waals surface area contributed by atoms with Gasteiger partial charge in [0.15, 0.2) is 0 Å². The van der Waals surface area contributed by atoms with E-state index in [9.17, 15) is 0 Å². The summed E-state index contributed by atoms with van der Waals surface area (Å²) in [5, 5.41) is 7.49. The van der Waals surface area contributed by atoms with Crippen LogP contribution in [0.1, 0.15) is 19.2 Å². The van der Waals surface area contributed by atoms with Gasteiger partial charge in [-0.2, -0.15) is 0 Å². The van der Waals surface area contributed by atoms with Gasteiger partial charge in [0.1, 0.15) is 5.82 Å². The zero-order valence-electron chi connectivity index (χ0n) is 5.76. The molecule has 0 aliphatic heterocycles. The lowest BCUT2D eigenvalue weighted by Crippen LogP contribution is -1.95. The van der Waals surface area contributed by atoms with Crippen LogP contribution in [0.5, 0.6) is 0 Å². The molecule has 3 heteroatoms. The van der Waals surface area contributed by atoms with Crippen molar-refractivity contribution in [3.63, 3.8) is 0 Å². The summed E-state index contributed by atoms with van der Waals surface area (Å²) in [7, 11) is 1.91. The van der Waals surface area contributed by atoms with Gasteiger partial charge in [-0.15, -0.1) is 10.2 Å². The molecule has 0 bridgehead atoms. The second-order valence-corrected chi connectivity index (χ2v) is 2.03. The normalized spacial score (nSPS) is 10.0. The molecule has 1 aromatic rings. The van der Waals surface area contributed by atoms with Gasteiger partial charge in [0.25, 0.3) is 0 Å². The molecule has 3 nitrogen and oxygen atoms in total. The summed E-state index contributed by atoms with van der Waals surface area (Å²) in [6, 6.07) is 0. The molecule has 0 atom stereocenters. The summed E-state index contributed by atoms with van der Waals surface area (Å²) in [4.78, 5) is 0. The summed E-state index contributed by atoms with van der Waals surface area (Å²) in [5.74, 6) is 1.01. The van der Waals surface area contributed by atoms with Crippen molar-refractivity contribution >= 4 is 0 Å². The summed E-state index contributed by atoms with van der Waals surface area (Å²) in [5.41, 5.74) is 0. The van der Waals surface area contributed by atoms with Crippen LogP contribution in [0.25, 0.3) is 0 Å². The van der Waals surface area contributed by atoms with Crippen LogP contribution in [0.3, 0.4) is 0 Å². The first-order valence-corrected chi connectivity index (χ1v) is 3.10. The van der Waals surface area contributed by atoms with Crippen molar-refractivity contribution in [2.24, 2.45) is 7.05 Å². The van der Waals surface area contributed by atoms with Crippen LogP contribution in [0.2, 0.25) is 0 Å². The van der Waals surface area contributed by atoms with Crippen LogP contribution in [-0.2, 0) is 13.5 Å². The lowest BCUT2D eigenvalue weighted by molar-refractivity contribution is 0.755. The van der Waals surface area contributed by atoms with E-state index in [1.165, 1.54) is 0 Å². The van der Waals surface area contributed by atoms with Gasteiger partial charge in [-0.3, -0.25) is 0 Å². The lowest BCUT2D eigenvalue weighted by Gasteiger charge is -1.93. The van der Waals surface area contributed by atoms with Crippen molar-refractivity contribution in [2.75, 3.05) is 0 Å². The van der Waals surface area contributed by atoms with Gasteiger partial charge < -0.3 is 4.57 Å². The topological polar surface area (TPSA) is 30.7 Å². The zero-order chi connectivity index (χ0) is 6.69. The fraction of sp³-hybridized carbons (Fsp3) is 0.667. The maximum Gasteiger partial charge on any atom is 0.201 e. The molecule has 1 radical (unpaired) electrons. The third kappa shape index (κ3) is 1.28. The third-order valence-electron chi connectivity index (χ3n) is 1.22. The maximum atomic E-state index is 3.86. The van der Waals surface area contributed by atoms with Crippen LogP contribution in [0, 0.1) is 6.33 Å². The predicted molar refractivity (Wildman–Crippen MR) is 33.8 cm³/mol. The average Bonchev–Trinajstić information content (AvgIpc) is 2.18. The Kier molecular flexibility index (Phi) is 1.82. The van der Waals surface area contributed by atoms with Crippen LogP contribution < -0.4 is 0 Å². The molecule has 49 valence electrons. The van der Waals surface area contributed by atoms with Crippen molar-refractivity contribution in [1.82, 2.24) is 14.8 Å². The Hall–Kier alpha value is -0.860. The number of hydrogen-bond acceptors (Lipinski definition) is 2. The maximum absolute atomic E-state index is 3.86. The molecular weight excluding hydrogens is 114 g/mol. The van der Waals surface area contributed by atoms with Gasteiger partial charge in [-0.25, -0.2) is 0 Å². The smallest absolute Gasteiger partial charge is 0.201 e. The van der Waals surface area contributed by atoms with Crippen LogP contribution in [0.15, 0.2) is 0 Å². The Bertz CT molecular complexity index is 180. The Balaban J connectivity index is 2.69. The van der Waals surface area contributed by atoms with Gasteiger partial charge in [0.2, 0.25) is 6.33 Å². The molecule has 0 aliphatic carbocycles. The summed E-state index contributed by atoms with van der Waals surface area (Å²) in [6.07, 6.45) is 4.81. The van der Waals surface area contributed by atoms with E-state index in [-0.39, 0.29) is 0 Å². The predicted octanol–water partition coefficient (Wildman–Crippen LogP) is 0.568. The van der Waals surface area contributed by atoms with E-state index in [2.05, 4.69) is 23.4 Å². The van der Waals surface area contributed by atoms with E-state index < -0.39 is 0 Å². The monoisotopic (exact) mass is 124 g/mol. The van der Waals surface area contributed by atoms with Gasteiger partial charge in [-0.1, -0.05) is 6.92 Å². The highest BCUT2D eigenvalue weighted by Gasteiger charge is 1.96. The fourth-order valence-corrected chi connectivity index (χ4v) is 0.713. The molecule has 0 aliphatic rings. The van der Waals surface area contributed by atoms with E-state index in [4.69, 9.17) is 0 Å². The largest absolute Gasteiger partial charge is 0.311 e. The highest BCUT2D eigenvalue weighted by molar-refractivity contribution is 4.82. The average molecular weight is 124 g/mol. The molecule has 1 rings (SSSR count). The van der Waals surface area contributed by atoms with E-state index >= 15 is 0 Å².